The highest BCUT2D eigenvalue weighted by atomic mass is 35.5. The average molecular weight is 292 g/mol. The zero-order chi connectivity index (χ0) is 11.9. The minimum Gasteiger partial charge on any atom is -0.375 e. The molecule has 0 atom stereocenters. The standard InChI is InChI=1S/C12H18ClN3O.ClH/c13-12-2-1-11(15-16-12)9-17-8-5-10-3-6-14-7-4-10;/h1-2,10,14H,3-9H2;1H. The number of nitrogens with one attached hydrogen (secondary N) is 1. The monoisotopic (exact) mass is 291 g/mol. The number of aromatic nitrogens is 2. The Balaban J connectivity index is 0.00000162. The van der Waals surface area contributed by atoms with Gasteiger partial charge in [0.2, 0.25) is 0 Å². The third kappa shape index (κ3) is 5.48. The molecule has 1 aromatic rings. The van der Waals surface area contributed by atoms with Crippen molar-refractivity contribution in [3.8, 4) is 0 Å². The molecule has 1 aliphatic heterocycles. The van der Waals surface area contributed by atoms with Crippen LogP contribution in [0.4, 0.5) is 0 Å². The highest BCUT2D eigenvalue weighted by Gasteiger charge is 2.12. The summed E-state index contributed by atoms with van der Waals surface area (Å²) in [4.78, 5) is 0. The second-order valence-corrected chi connectivity index (χ2v) is 4.77. The minimum atomic E-state index is 0. The lowest BCUT2D eigenvalue weighted by atomic mass is 9.95. The van der Waals surface area contributed by atoms with Gasteiger partial charge in [0.15, 0.2) is 5.15 Å². The summed E-state index contributed by atoms with van der Waals surface area (Å²) in [5.41, 5.74) is 0.833. The molecular weight excluding hydrogens is 273 g/mol. The van der Waals surface area contributed by atoms with Crippen molar-refractivity contribution >= 4 is 24.0 Å². The predicted octanol–water partition coefficient (Wildman–Crippen LogP) is 2.46. The molecule has 0 radical (unpaired) electrons. The van der Waals surface area contributed by atoms with E-state index in [1.807, 2.05) is 6.07 Å². The Hall–Kier alpha value is -0.420. The summed E-state index contributed by atoms with van der Waals surface area (Å²) in [7, 11) is 0. The third-order valence-corrected chi connectivity index (χ3v) is 3.27. The van der Waals surface area contributed by atoms with Crippen molar-refractivity contribution in [2.24, 2.45) is 5.92 Å². The van der Waals surface area contributed by atoms with E-state index in [0.717, 1.165) is 37.7 Å². The molecule has 1 N–H and O–H groups in total. The van der Waals surface area contributed by atoms with Gasteiger partial charge in [-0.2, -0.15) is 5.10 Å². The fourth-order valence-electron chi connectivity index (χ4n) is 2.02. The van der Waals surface area contributed by atoms with E-state index in [9.17, 15) is 0 Å². The topological polar surface area (TPSA) is 47.0 Å². The largest absolute Gasteiger partial charge is 0.375 e. The van der Waals surface area contributed by atoms with Crippen LogP contribution >= 0.6 is 24.0 Å². The highest BCUT2D eigenvalue weighted by Crippen LogP contribution is 2.15. The molecule has 0 spiro atoms. The molecule has 0 aliphatic carbocycles. The van der Waals surface area contributed by atoms with E-state index in [1.54, 1.807) is 6.07 Å². The number of hydrogen-bond acceptors (Lipinski definition) is 4. The molecule has 0 unspecified atom stereocenters. The first-order valence-electron chi connectivity index (χ1n) is 6.11. The zero-order valence-electron chi connectivity index (χ0n) is 10.3. The minimum absolute atomic E-state index is 0. The Bertz CT molecular complexity index is 329. The summed E-state index contributed by atoms with van der Waals surface area (Å²) < 4.78 is 5.60. The van der Waals surface area contributed by atoms with E-state index in [4.69, 9.17) is 16.3 Å². The van der Waals surface area contributed by atoms with Gasteiger partial charge in [-0.3, -0.25) is 0 Å². The molecule has 1 aliphatic rings. The molecule has 1 fully saturated rings. The first kappa shape index (κ1) is 15.6. The molecular formula is C12H19Cl2N3O. The normalized spacial score (nSPS) is 16.3. The molecule has 0 bridgehead atoms. The van der Waals surface area contributed by atoms with Gasteiger partial charge in [-0.05, 0) is 50.4 Å². The molecule has 2 heterocycles. The molecule has 4 nitrogen and oxygen atoms in total. The van der Waals surface area contributed by atoms with Crippen molar-refractivity contribution < 1.29 is 4.74 Å². The number of rotatable bonds is 5. The van der Waals surface area contributed by atoms with Crippen LogP contribution in [0.1, 0.15) is 25.0 Å². The molecule has 2 rings (SSSR count). The second-order valence-electron chi connectivity index (χ2n) is 4.38. The third-order valence-electron chi connectivity index (χ3n) is 3.07. The lowest BCUT2D eigenvalue weighted by molar-refractivity contribution is 0.0999. The van der Waals surface area contributed by atoms with Gasteiger partial charge in [0.25, 0.3) is 0 Å². The molecule has 18 heavy (non-hydrogen) atoms. The van der Waals surface area contributed by atoms with Crippen LogP contribution in [0.15, 0.2) is 12.1 Å². The lowest BCUT2D eigenvalue weighted by Gasteiger charge is -2.22. The molecule has 102 valence electrons. The van der Waals surface area contributed by atoms with Gasteiger partial charge in [-0.25, -0.2) is 0 Å². The number of hydrogen-bond donors (Lipinski definition) is 1. The van der Waals surface area contributed by atoms with E-state index in [1.165, 1.54) is 12.8 Å². The lowest BCUT2D eigenvalue weighted by Crippen LogP contribution is -2.28. The number of piperidine rings is 1. The fourth-order valence-corrected chi connectivity index (χ4v) is 2.12. The van der Waals surface area contributed by atoms with Crippen molar-refractivity contribution in [3.05, 3.63) is 23.0 Å². The van der Waals surface area contributed by atoms with E-state index in [-0.39, 0.29) is 12.4 Å². The van der Waals surface area contributed by atoms with Crippen LogP contribution in [0.5, 0.6) is 0 Å². The number of halogens is 2. The molecule has 6 heteroatoms. The van der Waals surface area contributed by atoms with Crippen LogP contribution in [0.3, 0.4) is 0 Å². The van der Waals surface area contributed by atoms with Crippen molar-refractivity contribution in [2.75, 3.05) is 19.7 Å². The smallest absolute Gasteiger partial charge is 0.151 e. The summed E-state index contributed by atoms with van der Waals surface area (Å²) in [5.74, 6) is 0.813. The summed E-state index contributed by atoms with van der Waals surface area (Å²) in [6.45, 7) is 3.62. The maximum absolute atomic E-state index is 5.65. The van der Waals surface area contributed by atoms with E-state index in [0.29, 0.717) is 11.8 Å². The summed E-state index contributed by atoms with van der Waals surface area (Å²) in [5, 5.41) is 11.5. The van der Waals surface area contributed by atoms with Crippen molar-refractivity contribution in [3.63, 3.8) is 0 Å². The van der Waals surface area contributed by atoms with Gasteiger partial charge in [-0.15, -0.1) is 17.5 Å². The second kappa shape index (κ2) is 8.64. The van der Waals surface area contributed by atoms with Gasteiger partial charge in [0, 0.05) is 6.61 Å². The van der Waals surface area contributed by atoms with Crippen LogP contribution in [0.25, 0.3) is 0 Å². The first-order valence-corrected chi connectivity index (χ1v) is 6.49. The SMILES string of the molecule is Cl.Clc1ccc(COCCC2CCNCC2)nn1. The van der Waals surface area contributed by atoms with Crippen LogP contribution in [-0.2, 0) is 11.3 Å². The van der Waals surface area contributed by atoms with Gasteiger partial charge in [0.1, 0.15) is 0 Å². The van der Waals surface area contributed by atoms with E-state index >= 15 is 0 Å². The van der Waals surface area contributed by atoms with Gasteiger partial charge < -0.3 is 10.1 Å². The van der Waals surface area contributed by atoms with E-state index < -0.39 is 0 Å². The van der Waals surface area contributed by atoms with Gasteiger partial charge >= 0.3 is 0 Å². The number of ether oxygens (including phenoxy) is 1. The first-order chi connectivity index (χ1) is 8.34. The summed E-state index contributed by atoms with van der Waals surface area (Å²) in [6.07, 6.45) is 3.68. The maximum atomic E-state index is 5.65. The molecule has 0 aromatic carbocycles. The summed E-state index contributed by atoms with van der Waals surface area (Å²) in [6, 6.07) is 3.58. The van der Waals surface area contributed by atoms with Crippen LogP contribution < -0.4 is 5.32 Å². The van der Waals surface area contributed by atoms with Gasteiger partial charge in [0.05, 0.1) is 12.3 Å². The van der Waals surface area contributed by atoms with Crippen molar-refractivity contribution in [2.45, 2.75) is 25.9 Å². The van der Waals surface area contributed by atoms with Gasteiger partial charge in [-0.1, -0.05) is 11.6 Å². The average Bonchev–Trinajstić information content (AvgIpc) is 2.38. The Morgan fingerprint density at radius 2 is 2.06 bits per heavy atom. The maximum Gasteiger partial charge on any atom is 0.151 e. The fraction of sp³-hybridized carbons (Fsp3) is 0.667. The molecule has 1 saturated heterocycles. The molecule has 1 aromatic heterocycles. The zero-order valence-corrected chi connectivity index (χ0v) is 11.8. The summed E-state index contributed by atoms with van der Waals surface area (Å²) >= 11 is 5.65. The Kier molecular flexibility index (Phi) is 7.51. The van der Waals surface area contributed by atoms with E-state index in [2.05, 4.69) is 15.5 Å². The highest BCUT2D eigenvalue weighted by molar-refractivity contribution is 6.29. The van der Waals surface area contributed by atoms with Crippen LogP contribution in [-0.4, -0.2) is 29.9 Å². The van der Waals surface area contributed by atoms with Crippen LogP contribution in [0.2, 0.25) is 5.15 Å². The molecule has 0 amide bonds. The Labute approximate surface area is 119 Å². The Morgan fingerprint density at radius 3 is 2.72 bits per heavy atom. The molecule has 0 saturated carbocycles. The predicted molar refractivity (Wildman–Crippen MR) is 74.2 cm³/mol. The quantitative estimate of drug-likeness (QED) is 0.847. The van der Waals surface area contributed by atoms with Crippen molar-refractivity contribution in [1.29, 1.82) is 0 Å². The Morgan fingerprint density at radius 1 is 1.28 bits per heavy atom. The number of nitrogens with zero attached hydrogens (tertiary/aromatic N) is 2. The van der Waals surface area contributed by atoms with Crippen molar-refractivity contribution in [1.82, 2.24) is 15.5 Å². The van der Waals surface area contributed by atoms with Crippen LogP contribution in [0, 0.1) is 5.92 Å².